The summed E-state index contributed by atoms with van der Waals surface area (Å²) < 4.78 is 21.7. The molecule has 8 heteroatoms. The molecular formula is C26H32N2O6. The monoisotopic (exact) mass is 468 g/mol. The van der Waals surface area contributed by atoms with Crippen molar-refractivity contribution < 1.29 is 28.5 Å². The third kappa shape index (κ3) is 5.88. The first-order chi connectivity index (χ1) is 16.5. The van der Waals surface area contributed by atoms with E-state index in [-0.39, 0.29) is 24.1 Å². The van der Waals surface area contributed by atoms with Crippen molar-refractivity contribution in [3.05, 3.63) is 53.7 Å². The van der Waals surface area contributed by atoms with Gasteiger partial charge in [0.05, 0.1) is 26.4 Å². The normalized spacial score (nSPS) is 13.5. The molecule has 0 aromatic heterocycles. The molecule has 0 aliphatic carbocycles. The van der Waals surface area contributed by atoms with E-state index in [0.717, 1.165) is 6.42 Å². The molecule has 3 rings (SSSR count). The summed E-state index contributed by atoms with van der Waals surface area (Å²) in [6, 6.07) is 12.4. The van der Waals surface area contributed by atoms with Gasteiger partial charge in [0.1, 0.15) is 22.9 Å². The van der Waals surface area contributed by atoms with Crippen molar-refractivity contribution >= 4 is 23.1 Å². The van der Waals surface area contributed by atoms with E-state index in [0.29, 0.717) is 60.3 Å². The fourth-order valence-corrected chi connectivity index (χ4v) is 3.59. The number of nitrogens with one attached hydrogen (secondary N) is 1. The molecule has 0 saturated carbocycles. The van der Waals surface area contributed by atoms with Crippen LogP contribution in [0.5, 0.6) is 17.2 Å². The van der Waals surface area contributed by atoms with Crippen LogP contribution in [0.15, 0.2) is 48.2 Å². The summed E-state index contributed by atoms with van der Waals surface area (Å²) in [5, 5.41) is 3.14. The highest BCUT2D eigenvalue weighted by Gasteiger charge is 2.39. The van der Waals surface area contributed by atoms with Crippen LogP contribution in [0.3, 0.4) is 0 Å². The van der Waals surface area contributed by atoms with Gasteiger partial charge in [0, 0.05) is 43.6 Å². The van der Waals surface area contributed by atoms with Crippen molar-refractivity contribution in [2.24, 2.45) is 0 Å². The number of imide groups is 1. The SMILES string of the molecule is CCCOc1ccc(C2=C(Nc3cc(OC)cc(OC)c3)C(=O)N(CCCOCC)C2=O)cc1. The molecular weight excluding hydrogens is 436 g/mol. The van der Waals surface area contributed by atoms with Gasteiger partial charge in [-0.05, 0) is 37.5 Å². The summed E-state index contributed by atoms with van der Waals surface area (Å²) in [6.07, 6.45) is 1.46. The van der Waals surface area contributed by atoms with E-state index in [1.807, 2.05) is 13.8 Å². The topological polar surface area (TPSA) is 86.3 Å². The van der Waals surface area contributed by atoms with Crippen molar-refractivity contribution in [3.8, 4) is 17.2 Å². The lowest BCUT2D eigenvalue weighted by molar-refractivity contribution is -0.137. The Morgan fingerprint density at radius 3 is 2.12 bits per heavy atom. The molecule has 0 atom stereocenters. The van der Waals surface area contributed by atoms with Gasteiger partial charge in [-0.25, -0.2) is 0 Å². The largest absolute Gasteiger partial charge is 0.497 e. The predicted octanol–water partition coefficient (Wildman–Crippen LogP) is 4.11. The lowest BCUT2D eigenvalue weighted by atomic mass is 10.0. The summed E-state index contributed by atoms with van der Waals surface area (Å²) in [5.41, 5.74) is 1.72. The van der Waals surface area contributed by atoms with Gasteiger partial charge in [0.2, 0.25) is 0 Å². The Balaban J connectivity index is 1.96. The van der Waals surface area contributed by atoms with Crippen molar-refractivity contribution in [2.45, 2.75) is 26.7 Å². The summed E-state index contributed by atoms with van der Waals surface area (Å²) in [6.45, 7) is 5.88. The van der Waals surface area contributed by atoms with Crippen LogP contribution in [0.2, 0.25) is 0 Å². The van der Waals surface area contributed by atoms with Crippen LogP contribution >= 0.6 is 0 Å². The van der Waals surface area contributed by atoms with Crippen LogP contribution in [0.1, 0.15) is 32.3 Å². The zero-order valence-electron chi connectivity index (χ0n) is 20.2. The highest BCUT2D eigenvalue weighted by atomic mass is 16.5. The third-order valence-electron chi connectivity index (χ3n) is 5.28. The quantitative estimate of drug-likeness (QED) is 0.350. The maximum Gasteiger partial charge on any atom is 0.278 e. The van der Waals surface area contributed by atoms with Crippen LogP contribution in [-0.2, 0) is 14.3 Å². The molecule has 0 fully saturated rings. The molecule has 0 saturated heterocycles. The van der Waals surface area contributed by atoms with Gasteiger partial charge < -0.3 is 24.3 Å². The standard InChI is InChI=1S/C26H32N2O6/c1-5-13-34-20-10-8-18(9-11-20)23-24(26(30)28(25(23)29)12-7-14-33-6-2)27-19-15-21(31-3)17-22(16-19)32-4/h8-11,15-17,27H,5-7,12-14H2,1-4H3. The molecule has 1 aliphatic rings. The molecule has 182 valence electrons. The number of benzene rings is 2. The Morgan fingerprint density at radius 2 is 1.53 bits per heavy atom. The molecule has 2 amide bonds. The molecule has 34 heavy (non-hydrogen) atoms. The van der Waals surface area contributed by atoms with E-state index in [9.17, 15) is 9.59 Å². The van der Waals surface area contributed by atoms with Gasteiger partial charge in [-0.2, -0.15) is 0 Å². The van der Waals surface area contributed by atoms with Gasteiger partial charge >= 0.3 is 0 Å². The zero-order valence-corrected chi connectivity index (χ0v) is 20.2. The van der Waals surface area contributed by atoms with Crippen molar-refractivity contribution in [1.82, 2.24) is 4.90 Å². The van der Waals surface area contributed by atoms with Gasteiger partial charge in [-0.3, -0.25) is 14.5 Å². The third-order valence-corrected chi connectivity index (χ3v) is 5.28. The Labute approximate surface area is 200 Å². The number of rotatable bonds is 13. The van der Waals surface area contributed by atoms with Crippen molar-refractivity contribution in [3.63, 3.8) is 0 Å². The molecule has 0 radical (unpaired) electrons. The number of nitrogens with zero attached hydrogens (tertiary/aromatic N) is 1. The second-order valence-electron chi connectivity index (χ2n) is 7.66. The minimum Gasteiger partial charge on any atom is -0.497 e. The van der Waals surface area contributed by atoms with Crippen molar-refractivity contribution in [2.75, 3.05) is 45.9 Å². The summed E-state index contributed by atoms with van der Waals surface area (Å²) in [7, 11) is 3.10. The zero-order chi connectivity index (χ0) is 24.5. The predicted molar refractivity (Wildman–Crippen MR) is 130 cm³/mol. The molecule has 0 spiro atoms. The summed E-state index contributed by atoms with van der Waals surface area (Å²) in [5.74, 6) is 1.10. The lowest BCUT2D eigenvalue weighted by Crippen LogP contribution is -2.34. The van der Waals surface area contributed by atoms with E-state index < -0.39 is 0 Å². The highest BCUT2D eigenvalue weighted by molar-refractivity contribution is 6.36. The molecule has 2 aromatic rings. The van der Waals surface area contributed by atoms with Gasteiger partial charge in [0.25, 0.3) is 11.8 Å². The van der Waals surface area contributed by atoms with E-state index in [4.69, 9.17) is 18.9 Å². The molecule has 2 aromatic carbocycles. The van der Waals surface area contributed by atoms with Crippen LogP contribution in [0.25, 0.3) is 5.57 Å². The van der Waals surface area contributed by atoms with E-state index in [1.54, 1.807) is 56.7 Å². The molecule has 0 unspecified atom stereocenters. The lowest BCUT2D eigenvalue weighted by Gasteiger charge is -2.15. The van der Waals surface area contributed by atoms with Crippen LogP contribution in [-0.4, -0.2) is 57.3 Å². The van der Waals surface area contributed by atoms with Crippen LogP contribution < -0.4 is 19.5 Å². The summed E-state index contributed by atoms with van der Waals surface area (Å²) in [4.78, 5) is 28.0. The molecule has 8 nitrogen and oxygen atoms in total. The Hall–Kier alpha value is -3.52. The van der Waals surface area contributed by atoms with E-state index in [2.05, 4.69) is 5.32 Å². The molecule has 1 N–H and O–H groups in total. The number of anilines is 1. The number of carbonyl (C=O) groups is 2. The van der Waals surface area contributed by atoms with Crippen LogP contribution in [0, 0.1) is 0 Å². The first kappa shape index (κ1) is 25.1. The second-order valence-corrected chi connectivity index (χ2v) is 7.66. The van der Waals surface area contributed by atoms with E-state index in [1.165, 1.54) is 4.90 Å². The highest BCUT2D eigenvalue weighted by Crippen LogP contribution is 2.33. The Bertz CT molecular complexity index is 1010. The van der Waals surface area contributed by atoms with Crippen LogP contribution in [0.4, 0.5) is 5.69 Å². The van der Waals surface area contributed by atoms with Gasteiger partial charge in [-0.15, -0.1) is 0 Å². The first-order valence-corrected chi connectivity index (χ1v) is 11.4. The maximum atomic E-state index is 13.4. The smallest absolute Gasteiger partial charge is 0.278 e. The van der Waals surface area contributed by atoms with Gasteiger partial charge in [-0.1, -0.05) is 19.1 Å². The number of ether oxygens (including phenoxy) is 4. The molecule has 1 aliphatic heterocycles. The number of carbonyl (C=O) groups excluding carboxylic acids is 2. The fraction of sp³-hybridized carbons (Fsp3) is 0.385. The van der Waals surface area contributed by atoms with E-state index >= 15 is 0 Å². The molecule has 1 heterocycles. The minimum atomic E-state index is -0.385. The second kappa shape index (κ2) is 12.1. The number of methoxy groups -OCH3 is 2. The maximum absolute atomic E-state index is 13.4. The Kier molecular flexibility index (Phi) is 8.93. The Morgan fingerprint density at radius 1 is 0.853 bits per heavy atom. The minimum absolute atomic E-state index is 0.207. The number of hydrogen-bond acceptors (Lipinski definition) is 7. The first-order valence-electron chi connectivity index (χ1n) is 11.4. The average molecular weight is 469 g/mol. The number of amides is 2. The number of hydrogen-bond donors (Lipinski definition) is 1. The fourth-order valence-electron chi connectivity index (χ4n) is 3.59. The summed E-state index contributed by atoms with van der Waals surface area (Å²) >= 11 is 0. The molecule has 0 bridgehead atoms. The van der Waals surface area contributed by atoms with Crippen molar-refractivity contribution in [1.29, 1.82) is 0 Å². The van der Waals surface area contributed by atoms with Gasteiger partial charge in [0.15, 0.2) is 0 Å². The average Bonchev–Trinajstić information content (AvgIpc) is 3.09.